The smallest absolute Gasteiger partial charge is 0.213 e. The zero-order chi connectivity index (χ0) is 48.0. The van der Waals surface area contributed by atoms with Crippen molar-refractivity contribution in [2.75, 3.05) is 10.2 Å². The van der Waals surface area contributed by atoms with Crippen molar-refractivity contribution in [3.63, 3.8) is 0 Å². The average Bonchev–Trinajstić information content (AvgIpc) is 4.06. The summed E-state index contributed by atoms with van der Waals surface area (Å²) in [6, 6.07) is 31.5. The van der Waals surface area contributed by atoms with Crippen LogP contribution >= 0.6 is 22.7 Å². The Hall–Kier alpha value is -7.07. The third kappa shape index (κ3) is 8.35. The molecule has 0 atom stereocenters. The van der Waals surface area contributed by atoms with Gasteiger partial charge in [-0.1, -0.05) is 105 Å². The van der Waals surface area contributed by atoms with E-state index in [0.717, 1.165) is 79.3 Å². The molecule has 0 radical (unpaired) electrons. The third-order valence-corrected chi connectivity index (χ3v) is 15.1. The molecule has 10 nitrogen and oxygen atoms in total. The number of nitrogens with zero attached hydrogens (tertiary/aromatic N) is 9. The summed E-state index contributed by atoms with van der Waals surface area (Å²) in [6.45, 7) is 23.9. The first-order valence-corrected chi connectivity index (χ1v) is 25.1. The number of thiazole rings is 2. The van der Waals surface area contributed by atoms with Gasteiger partial charge in [0.05, 0.1) is 26.1 Å². The zero-order valence-electron chi connectivity index (χ0n) is 40.8. The molecule has 9 aromatic rings. The lowest BCUT2D eigenvalue weighted by Gasteiger charge is -2.29. The van der Waals surface area contributed by atoms with Gasteiger partial charge in [-0.05, 0) is 166 Å². The van der Waals surface area contributed by atoms with Crippen molar-refractivity contribution in [2.24, 2.45) is 10.2 Å². The number of pyridine rings is 1. The molecule has 4 heterocycles. The molecule has 0 saturated heterocycles. The van der Waals surface area contributed by atoms with Crippen LogP contribution in [0.3, 0.4) is 0 Å². The Bertz CT molecular complexity index is 3480. The summed E-state index contributed by atoms with van der Waals surface area (Å²) in [4.78, 5) is 18.2. The van der Waals surface area contributed by atoms with E-state index in [2.05, 4.69) is 135 Å². The Morgan fingerprint density at radius 1 is 0.662 bits per heavy atom. The monoisotopic (exact) mass is 932 g/mol. The van der Waals surface area contributed by atoms with Crippen molar-refractivity contribution in [3.05, 3.63) is 152 Å². The van der Waals surface area contributed by atoms with Crippen LogP contribution in [0.4, 0.5) is 39.6 Å². The van der Waals surface area contributed by atoms with Crippen LogP contribution in [-0.4, -0.2) is 24.7 Å². The fourth-order valence-electron chi connectivity index (χ4n) is 9.23. The molecular formula is C56H56N10S2. The Kier molecular flexibility index (Phi) is 12.8. The van der Waals surface area contributed by atoms with Gasteiger partial charge in [0.2, 0.25) is 5.13 Å². The van der Waals surface area contributed by atoms with Crippen LogP contribution in [0.15, 0.2) is 95.2 Å². The largest absolute Gasteiger partial charge is 0.338 e. The number of anilines is 5. The first kappa shape index (κ1) is 46.1. The average molecular weight is 933 g/mol. The predicted octanol–water partition coefficient (Wildman–Crippen LogP) is 16.1. The highest BCUT2D eigenvalue weighted by Crippen LogP contribution is 2.47. The van der Waals surface area contributed by atoms with Crippen LogP contribution in [0.5, 0.6) is 0 Å². The lowest BCUT2D eigenvalue weighted by Crippen LogP contribution is -2.18. The predicted molar refractivity (Wildman–Crippen MR) is 284 cm³/mol. The molecule has 0 saturated carbocycles. The molecule has 0 amide bonds. The maximum atomic E-state index is 10.9. The van der Waals surface area contributed by atoms with Gasteiger partial charge in [0.1, 0.15) is 28.8 Å². The number of aryl methyl sites for hydroxylation is 7. The third-order valence-electron chi connectivity index (χ3n) is 13.1. The first-order valence-electron chi connectivity index (χ1n) is 23.4. The fraction of sp³-hybridized carbons (Fsp3) is 0.268. The van der Waals surface area contributed by atoms with Crippen LogP contribution in [0, 0.1) is 59.8 Å². The number of benzene rings is 5. The van der Waals surface area contributed by atoms with Crippen molar-refractivity contribution in [1.29, 1.82) is 5.26 Å². The molecule has 342 valence electrons. The normalized spacial score (nSPS) is 11.6. The Labute approximate surface area is 407 Å². The molecule has 68 heavy (non-hydrogen) atoms. The zero-order valence-corrected chi connectivity index (χ0v) is 42.4. The molecule has 0 spiro atoms. The number of hydrogen-bond acceptors (Lipinski definition) is 11. The molecule has 4 aromatic heterocycles. The van der Waals surface area contributed by atoms with E-state index < -0.39 is 0 Å². The molecule has 0 unspecified atom stereocenters. The molecule has 12 heteroatoms. The van der Waals surface area contributed by atoms with Gasteiger partial charge >= 0.3 is 0 Å². The van der Waals surface area contributed by atoms with Gasteiger partial charge < -0.3 is 5.32 Å². The van der Waals surface area contributed by atoms with Crippen molar-refractivity contribution >= 4 is 82.8 Å². The van der Waals surface area contributed by atoms with Gasteiger partial charge in [-0.2, -0.15) is 15.0 Å². The highest BCUT2D eigenvalue weighted by Gasteiger charge is 2.28. The summed E-state index contributed by atoms with van der Waals surface area (Å²) in [5.74, 6) is 1.54. The summed E-state index contributed by atoms with van der Waals surface area (Å²) in [6.07, 6.45) is 3.31. The van der Waals surface area contributed by atoms with E-state index >= 15 is 0 Å². The number of hydrogen-bond donors (Lipinski definition) is 1. The maximum absolute atomic E-state index is 10.9. The minimum absolute atomic E-state index is 0.285. The molecule has 0 aliphatic carbocycles. The number of azo groups is 1. The quantitative estimate of drug-likeness (QED) is 0.114. The number of rotatable bonds is 13. The van der Waals surface area contributed by atoms with Gasteiger partial charge in [0.25, 0.3) is 0 Å². The van der Waals surface area contributed by atoms with Crippen LogP contribution in [0.2, 0.25) is 0 Å². The highest BCUT2D eigenvalue weighted by molar-refractivity contribution is 7.22. The lowest BCUT2D eigenvalue weighted by molar-refractivity contribution is 0.866. The minimum atomic E-state index is 0.285. The minimum Gasteiger partial charge on any atom is -0.338 e. The second-order valence-electron chi connectivity index (χ2n) is 17.6. The van der Waals surface area contributed by atoms with Crippen molar-refractivity contribution in [1.82, 2.24) is 24.7 Å². The van der Waals surface area contributed by atoms with Crippen molar-refractivity contribution < 1.29 is 0 Å². The topological polar surface area (TPSA) is 120 Å². The molecule has 0 aliphatic heterocycles. The molecule has 9 rings (SSSR count). The molecule has 0 aliphatic rings. The van der Waals surface area contributed by atoms with E-state index in [1.165, 1.54) is 61.4 Å². The van der Waals surface area contributed by atoms with Gasteiger partial charge in [-0.25, -0.2) is 15.0 Å². The van der Waals surface area contributed by atoms with Crippen molar-refractivity contribution in [2.45, 2.75) is 102 Å². The van der Waals surface area contributed by atoms with Gasteiger partial charge in [-0.15, -0.1) is 10.2 Å². The second kappa shape index (κ2) is 18.9. The Morgan fingerprint density at radius 3 is 1.94 bits per heavy atom. The number of fused-ring (bicyclic) bond motifs is 2. The van der Waals surface area contributed by atoms with E-state index in [-0.39, 0.29) is 5.82 Å². The summed E-state index contributed by atoms with van der Waals surface area (Å²) < 4.78 is 3.79. The molecule has 5 aromatic carbocycles. The number of nitrogens with one attached hydrogen (secondary N) is 1. The summed E-state index contributed by atoms with van der Waals surface area (Å²) in [7, 11) is 0. The van der Waals surface area contributed by atoms with E-state index in [4.69, 9.17) is 30.3 Å². The number of nitriles is 1. The molecule has 0 bridgehead atoms. The van der Waals surface area contributed by atoms with E-state index in [1.54, 1.807) is 16.0 Å². The fourth-order valence-corrected chi connectivity index (χ4v) is 11.3. The highest BCUT2D eigenvalue weighted by atomic mass is 32.1. The lowest BCUT2D eigenvalue weighted by atomic mass is 9.93. The van der Waals surface area contributed by atoms with Crippen LogP contribution in [0.25, 0.3) is 36.8 Å². The Balaban J connectivity index is 1.32. The van der Waals surface area contributed by atoms with E-state index in [9.17, 15) is 5.26 Å². The van der Waals surface area contributed by atoms with Gasteiger partial charge in [0.15, 0.2) is 16.8 Å². The maximum Gasteiger partial charge on any atom is 0.213 e. The van der Waals surface area contributed by atoms with Crippen molar-refractivity contribution in [3.8, 4) is 22.5 Å². The molecular weight excluding hydrogens is 877 g/mol. The molecule has 0 fully saturated rings. The summed E-state index contributed by atoms with van der Waals surface area (Å²) in [5.41, 5.74) is 19.2. The molecule has 1 N–H and O–H groups in total. The Morgan fingerprint density at radius 2 is 1.29 bits per heavy atom. The van der Waals surface area contributed by atoms with Crippen LogP contribution in [0.1, 0.15) is 94.5 Å². The standard InChI is InChI=1S/C56H56N10S2/c1-12-38-27-33(7)36(10)41(14-3)50(38)61-53-49(62-63-54-43(30-57)51(40-19-17-16-18-20-40)64-66(54)56-59-45-24-22-32(6)26-47(45)68-56)35(9)29-48(60-53)65(55-58-44-23-21-31(5)25-46(44)67-55)52-39(13-2)28-34(8)37(11)42(52)15-4/h16-29H,12-15H2,1-11H3,(H,60,61). The summed E-state index contributed by atoms with van der Waals surface area (Å²) >= 11 is 3.17. The second-order valence-corrected chi connectivity index (χ2v) is 19.6. The number of aromatic nitrogens is 5. The first-order chi connectivity index (χ1) is 32.8. The SMILES string of the molecule is CCc1cc(C)c(C)c(CC)c1Nc1nc(N(c2nc3ccc(C)cc3s2)c2c(CC)cc(C)c(C)c2CC)cc(C)c1N=Nc1c(C#N)c(-c2ccccc2)nn1-c1nc2ccc(C)cc2s1. The van der Waals surface area contributed by atoms with Gasteiger partial charge in [-0.3, -0.25) is 4.90 Å². The van der Waals surface area contributed by atoms with Gasteiger partial charge in [0, 0.05) is 11.3 Å². The van der Waals surface area contributed by atoms with Crippen LogP contribution < -0.4 is 10.2 Å². The van der Waals surface area contributed by atoms with E-state index in [0.29, 0.717) is 33.7 Å². The van der Waals surface area contributed by atoms with Crippen LogP contribution in [-0.2, 0) is 25.7 Å². The summed E-state index contributed by atoms with van der Waals surface area (Å²) in [5, 5.41) is 31.4. The van der Waals surface area contributed by atoms with E-state index in [1.807, 2.05) is 42.5 Å².